The molecule has 6 nitrogen and oxygen atoms in total. The van der Waals surface area contributed by atoms with Gasteiger partial charge in [-0.2, -0.15) is 8.78 Å². The largest absolute Gasteiger partial charge is 0.459 e. The van der Waals surface area contributed by atoms with Gasteiger partial charge in [0.1, 0.15) is 11.6 Å². The molecule has 0 bridgehead atoms. The highest BCUT2D eigenvalue weighted by Crippen LogP contribution is 2.23. The molecule has 0 atom stereocenters. The fourth-order valence-electron chi connectivity index (χ4n) is 1.49. The zero-order valence-electron chi connectivity index (χ0n) is 21.8. The SMILES string of the molecule is CC(C)(C)C(=O)CC(=O)C(C)(C)C.CC(C)(C)C(=O)OCC(F)(F)COC(=O)C(C)(C)C. The Labute approximate surface area is 191 Å². The molecule has 188 valence electrons. The third kappa shape index (κ3) is 14.2. The molecule has 0 saturated carbocycles. The van der Waals surface area contributed by atoms with E-state index in [1.807, 2.05) is 41.5 Å². The van der Waals surface area contributed by atoms with Gasteiger partial charge in [0, 0.05) is 10.8 Å². The Morgan fingerprint density at radius 2 is 0.781 bits per heavy atom. The second-order valence-electron chi connectivity index (χ2n) is 12.0. The monoisotopic (exact) mass is 464 g/mol. The Bertz CT molecular complexity index is 613. The first-order chi connectivity index (χ1) is 13.8. The zero-order chi connectivity index (χ0) is 26.3. The fourth-order valence-corrected chi connectivity index (χ4v) is 1.49. The minimum Gasteiger partial charge on any atom is -0.459 e. The topological polar surface area (TPSA) is 86.7 Å². The number of Topliss-reactive ketones (excluding diaryl/α,β-unsaturated/α-hetero) is 2. The Balaban J connectivity index is 0. The Morgan fingerprint density at radius 1 is 0.531 bits per heavy atom. The molecule has 0 aromatic carbocycles. The van der Waals surface area contributed by atoms with E-state index in [0.717, 1.165) is 0 Å². The molecule has 0 N–H and O–H groups in total. The van der Waals surface area contributed by atoms with Crippen molar-refractivity contribution in [3.63, 3.8) is 0 Å². The molecule has 0 fully saturated rings. The second kappa shape index (κ2) is 11.3. The van der Waals surface area contributed by atoms with Gasteiger partial charge in [-0.25, -0.2) is 0 Å². The Morgan fingerprint density at radius 3 is 0.969 bits per heavy atom. The van der Waals surface area contributed by atoms with Crippen LogP contribution in [-0.2, 0) is 28.7 Å². The summed E-state index contributed by atoms with van der Waals surface area (Å²) < 4.78 is 35.8. The van der Waals surface area contributed by atoms with Gasteiger partial charge in [0.05, 0.1) is 17.3 Å². The summed E-state index contributed by atoms with van der Waals surface area (Å²) in [5.41, 5.74) is -2.50. The molecular weight excluding hydrogens is 422 g/mol. The number of ketones is 2. The number of carbonyl (C=O) groups is 4. The van der Waals surface area contributed by atoms with E-state index in [-0.39, 0.29) is 18.0 Å². The molecule has 0 radical (unpaired) electrons. The number of ether oxygens (including phenoxy) is 2. The maximum atomic E-state index is 13.4. The lowest BCUT2D eigenvalue weighted by atomic mass is 9.82. The average molecular weight is 465 g/mol. The van der Waals surface area contributed by atoms with Gasteiger partial charge in [0.25, 0.3) is 0 Å². The van der Waals surface area contributed by atoms with Gasteiger partial charge in [0.2, 0.25) is 0 Å². The van der Waals surface area contributed by atoms with Crippen molar-refractivity contribution in [2.24, 2.45) is 21.7 Å². The first-order valence-electron chi connectivity index (χ1n) is 10.6. The van der Waals surface area contributed by atoms with Gasteiger partial charge in [-0.05, 0) is 41.5 Å². The Kier molecular flexibility index (Phi) is 11.4. The normalized spacial score (nSPS) is 12.9. The summed E-state index contributed by atoms with van der Waals surface area (Å²) in [6.07, 6.45) is 0.0625. The molecule has 0 rings (SSSR count). The quantitative estimate of drug-likeness (QED) is 0.386. The van der Waals surface area contributed by atoms with Crippen LogP contribution in [0.15, 0.2) is 0 Å². The van der Waals surface area contributed by atoms with Crippen molar-refractivity contribution in [1.82, 2.24) is 0 Å². The van der Waals surface area contributed by atoms with Gasteiger partial charge < -0.3 is 9.47 Å². The number of rotatable bonds is 6. The van der Waals surface area contributed by atoms with Crippen LogP contribution in [0.1, 0.15) is 89.5 Å². The minimum atomic E-state index is -3.39. The maximum absolute atomic E-state index is 13.4. The first kappa shape index (κ1) is 32.3. The van der Waals surface area contributed by atoms with Crippen LogP contribution in [0.2, 0.25) is 0 Å². The zero-order valence-corrected chi connectivity index (χ0v) is 21.8. The van der Waals surface area contributed by atoms with Crippen LogP contribution >= 0.6 is 0 Å². The van der Waals surface area contributed by atoms with E-state index in [1.165, 1.54) is 0 Å². The maximum Gasteiger partial charge on any atom is 0.314 e. The molecule has 0 amide bonds. The third-order valence-electron chi connectivity index (χ3n) is 4.05. The molecule has 0 aliphatic carbocycles. The number of hydrogen-bond acceptors (Lipinski definition) is 6. The predicted octanol–water partition coefficient (Wildman–Crippen LogP) is 5.41. The average Bonchev–Trinajstić information content (AvgIpc) is 2.54. The van der Waals surface area contributed by atoms with Crippen LogP contribution in [-0.4, -0.2) is 42.6 Å². The molecule has 0 spiro atoms. The number of esters is 2. The summed E-state index contributed by atoms with van der Waals surface area (Å²) in [5, 5.41) is 0. The van der Waals surface area contributed by atoms with Crippen molar-refractivity contribution in [2.45, 2.75) is 95.4 Å². The lowest BCUT2D eigenvalue weighted by molar-refractivity contribution is -0.179. The van der Waals surface area contributed by atoms with Crippen molar-refractivity contribution in [3.05, 3.63) is 0 Å². The second-order valence-corrected chi connectivity index (χ2v) is 12.0. The number of hydrogen-bond donors (Lipinski definition) is 0. The summed E-state index contributed by atoms with van der Waals surface area (Å²) in [6.45, 7) is 18.2. The van der Waals surface area contributed by atoms with Crippen LogP contribution in [0, 0.1) is 21.7 Å². The summed E-state index contributed by atoms with van der Waals surface area (Å²) >= 11 is 0. The van der Waals surface area contributed by atoms with Crippen LogP contribution in [0.25, 0.3) is 0 Å². The van der Waals surface area contributed by atoms with Crippen LogP contribution in [0.4, 0.5) is 8.78 Å². The van der Waals surface area contributed by atoms with Crippen molar-refractivity contribution in [1.29, 1.82) is 0 Å². The number of carbonyl (C=O) groups excluding carboxylic acids is 4. The van der Waals surface area contributed by atoms with Crippen LogP contribution < -0.4 is 0 Å². The lowest BCUT2D eigenvalue weighted by Gasteiger charge is -2.22. The van der Waals surface area contributed by atoms with Gasteiger partial charge in [-0.15, -0.1) is 0 Å². The highest BCUT2D eigenvalue weighted by atomic mass is 19.3. The molecule has 0 saturated heterocycles. The summed E-state index contributed by atoms with van der Waals surface area (Å²) in [7, 11) is 0. The van der Waals surface area contributed by atoms with E-state index in [1.54, 1.807) is 41.5 Å². The van der Waals surface area contributed by atoms with Crippen LogP contribution in [0.5, 0.6) is 0 Å². The highest BCUT2D eigenvalue weighted by Gasteiger charge is 2.36. The highest BCUT2D eigenvalue weighted by molar-refractivity contribution is 6.03. The molecule has 0 aliphatic rings. The summed E-state index contributed by atoms with van der Waals surface area (Å²) in [6, 6.07) is 0. The third-order valence-corrected chi connectivity index (χ3v) is 4.05. The van der Waals surface area contributed by atoms with E-state index >= 15 is 0 Å². The fraction of sp³-hybridized carbons (Fsp3) is 0.833. The molecule has 32 heavy (non-hydrogen) atoms. The summed E-state index contributed by atoms with van der Waals surface area (Å²) in [4.78, 5) is 45.7. The van der Waals surface area contributed by atoms with Crippen molar-refractivity contribution in [3.8, 4) is 0 Å². The standard InChI is InChI=1S/C13H22F2O4.C11H20O2/c1-11(2,3)9(16)18-7-13(14,15)8-19-10(17)12(4,5)6;1-10(2,3)8(12)7-9(13)11(4,5)6/h7-8H2,1-6H3;7H2,1-6H3. The van der Waals surface area contributed by atoms with Gasteiger partial charge in [-0.3, -0.25) is 19.2 Å². The van der Waals surface area contributed by atoms with Gasteiger partial charge in [0.15, 0.2) is 13.2 Å². The number of halogens is 2. The predicted molar refractivity (Wildman–Crippen MR) is 119 cm³/mol. The van der Waals surface area contributed by atoms with Gasteiger partial charge in [-0.1, -0.05) is 41.5 Å². The van der Waals surface area contributed by atoms with E-state index in [9.17, 15) is 28.0 Å². The van der Waals surface area contributed by atoms with E-state index in [4.69, 9.17) is 0 Å². The Hall–Kier alpha value is -1.86. The van der Waals surface area contributed by atoms with Crippen molar-refractivity contribution in [2.75, 3.05) is 13.2 Å². The van der Waals surface area contributed by atoms with Crippen molar-refractivity contribution >= 4 is 23.5 Å². The number of alkyl halides is 2. The minimum absolute atomic E-state index is 0.0208. The van der Waals surface area contributed by atoms with E-state index in [0.29, 0.717) is 0 Å². The molecule has 8 heteroatoms. The van der Waals surface area contributed by atoms with Crippen LogP contribution in [0.3, 0.4) is 0 Å². The first-order valence-corrected chi connectivity index (χ1v) is 10.6. The molecular formula is C24H42F2O6. The molecule has 0 heterocycles. The van der Waals surface area contributed by atoms with Gasteiger partial charge >= 0.3 is 17.9 Å². The van der Waals surface area contributed by atoms with E-state index < -0.39 is 52.7 Å². The van der Waals surface area contributed by atoms with E-state index in [2.05, 4.69) is 9.47 Å². The molecule has 0 aromatic rings. The molecule has 0 aliphatic heterocycles. The lowest BCUT2D eigenvalue weighted by Crippen LogP contribution is -2.36. The van der Waals surface area contributed by atoms with Crippen molar-refractivity contribution < 1.29 is 37.4 Å². The molecule has 0 aromatic heterocycles. The summed E-state index contributed by atoms with van der Waals surface area (Å²) in [5.74, 6) is -4.80. The smallest absolute Gasteiger partial charge is 0.314 e. The molecule has 0 unspecified atom stereocenters.